The van der Waals surface area contributed by atoms with Gasteiger partial charge in [0.2, 0.25) is 0 Å². The molecular weight excluding hydrogens is 214 g/mol. The fourth-order valence-electron chi connectivity index (χ4n) is 2.92. The summed E-state index contributed by atoms with van der Waals surface area (Å²) in [5.74, 6) is 1.44. The second-order valence-corrected chi connectivity index (χ2v) is 5.77. The number of carbonyl (C=O) groups excluding carboxylic acids is 1. The summed E-state index contributed by atoms with van der Waals surface area (Å²) in [6.07, 6.45) is 6.34. The van der Waals surface area contributed by atoms with Crippen molar-refractivity contribution in [3.05, 3.63) is 0 Å². The lowest BCUT2D eigenvalue weighted by Gasteiger charge is -2.32. The molecular formula is C14H27NO2. The molecule has 3 atom stereocenters. The molecule has 0 spiro atoms. The summed E-state index contributed by atoms with van der Waals surface area (Å²) in [4.78, 5) is 11.4. The first-order valence-electron chi connectivity index (χ1n) is 6.86. The standard InChI is InChI=1S/C14H27NO2/c1-10(2)8-12-6-5-7-13(9-12)15-11(3)14(16)17-4/h10-13,15H,5-9H2,1-4H3/t11-,12?,13?/m0/s1. The number of hydrogen-bond donors (Lipinski definition) is 1. The smallest absolute Gasteiger partial charge is 0.322 e. The maximum Gasteiger partial charge on any atom is 0.322 e. The molecule has 0 aromatic carbocycles. The van der Waals surface area contributed by atoms with E-state index in [9.17, 15) is 4.79 Å². The van der Waals surface area contributed by atoms with Crippen molar-refractivity contribution in [2.75, 3.05) is 7.11 Å². The molecule has 3 nitrogen and oxygen atoms in total. The molecule has 0 bridgehead atoms. The lowest BCUT2D eigenvalue weighted by molar-refractivity contribution is -0.142. The Bertz CT molecular complexity index is 240. The average Bonchev–Trinajstić information content (AvgIpc) is 2.27. The van der Waals surface area contributed by atoms with Gasteiger partial charge in [-0.1, -0.05) is 26.7 Å². The maximum atomic E-state index is 11.4. The van der Waals surface area contributed by atoms with Crippen molar-refractivity contribution in [3.8, 4) is 0 Å². The molecule has 0 heterocycles. The summed E-state index contributed by atoms with van der Waals surface area (Å²) in [7, 11) is 1.45. The van der Waals surface area contributed by atoms with E-state index in [0.29, 0.717) is 6.04 Å². The summed E-state index contributed by atoms with van der Waals surface area (Å²) in [5, 5.41) is 3.40. The molecule has 0 amide bonds. The van der Waals surface area contributed by atoms with Crippen molar-refractivity contribution >= 4 is 5.97 Å². The largest absolute Gasteiger partial charge is 0.468 e. The summed E-state index contributed by atoms with van der Waals surface area (Å²) in [5.41, 5.74) is 0. The maximum absolute atomic E-state index is 11.4. The van der Waals surface area contributed by atoms with E-state index in [-0.39, 0.29) is 12.0 Å². The Labute approximate surface area is 105 Å². The van der Waals surface area contributed by atoms with E-state index in [4.69, 9.17) is 4.74 Å². The van der Waals surface area contributed by atoms with Gasteiger partial charge in [0.15, 0.2) is 0 Å². The van der Waals surface area contributed by atoms with Crippen LogP contribution in [0.4, 0.5) is 0 Å². The van der Waals surface area contributed by atoms with Crippen LogP contribution < -0.4 is 5.32 Å². The van der Waals surface area contributed by atoms with Gasteiger partial charge in [-0.05, 0) is 38.0 Å². The van der Waals surface area contributed by atoms with Crippen LogP contribution in [0.25, 0.3) is 0 Å². The monoisotopic (exact) mass is 241 g/mol. The van der Waals surface area contributed by atoms with Gasteiger partial charge in [-0.25, -0.2) is 0 Å². The first-order valence-corrected chi connectivity index (χ1v) is 6.86. The van der Waals surface area contributed by atoms with E-state index in [1.165, 1.54) is 39.2 Å². The van der Waals surface area contributed by atoms with Gasteiger partial charge in [0.25, 0.3) is 0 Å². The third kappa shape index (κ3) is 5.07. The molecule has 1 N–H and O–H groups in total. The van der Waals surface area contributed by atoms with E-state index in [2.05, 4.69) is 19.2 Å². The SMILES string of the molecule is COC(=O)[C@H](C)NC1CCCC(CC(C)C)C1. The molecule has 3 heteroatoms. The van der Waals surface area contributed by atoms with Crippen molar-refractivity contribution in [3.63, 3.8) is 0 Å². The van der Waals surface area contributed by atoms with Crippen LogP contribution in [0.5, 0.6) is 0 Å². The molecule has 1 rings (SSSR count). The Hall–Kier alpha value is -0.570. The van der Waals surface area contributed by atoms with Crippen LogP contribution in [0.15, 0.2) is 0 Å². The van der Waals surface area contributed by atoms with Gasteiger partial charge in [-0.3, -0.25) is 4.79 Å². The minimum Gasteiger partial charge on any atom is -0.468 e. The van der Waals surface area contributed by atoms with Crippen molar-refractivity contribution in [1.29, 1.82) is 0 Å². The molecule has 0 aromatic heterocycles. The normalized spacial score (nSPS) is 26.9. The van der Waals surface area contributed by atoms with Gasteiger partial charge in [0, 0.05) is 6.04 Å². The highest BCUT2D eigenvalue weighted by Gasteiger charge is 2.25. The van der Waals surface area contributed by atoms with Gasteiger partial charge >= 0.3 is 5.97 Å². The summed E-state index contributed by atoms with van der Waals surface area (Å²) >= 11 is 0. The lowest BCUT2D eigenvalue weighted by Crippen LogP contribution is -2.44. The lowest BCUT2D eigenvalue weighted by atomic mass is 9.81. The van der Waals surface area contributed by atoms with E-state index < -0.39 is 0 Å². The zero-order chi connectivity index (χ0) is 12.8. The van der Waals surface area contributed by atoms with Crippen molar-refractivity contribution in [2.45, 2.75) is 65.0 Å². The number of esters is 1. The number of carbonyl (C=O) groups is 1. The Balaban J connectivity index is 2.36. The third-order valence-corrected chi connectivity index (χ3v) is 3.63. The topological polar surface area (TPSA) is 38.3 Å². The quantitative estimate of drug-likeness (QED) is 0.752. The average molecular weight is 241 g/mol. The van der Waals surface area contributed by atoms with Gasteiger partial charge in [0.05, 0.1) is 7.11 Å². The number of methoxy groups -OCH3 is 1. The van der Waals surface area contributed by atoms with E-state index in [1.54, 1.807) is 0 Å². The third-order valence-electron chi connectivity index (χ3n) is 3.63. The molecule has 1 fully saturated rings. The minimum atomic E-state index is -0.178. The highest BCUT2D eigenvalue weighted by molar-refractivity contribution is 5.75. The second-order valence-electron chi connectivity index (χ2n) is 5.77. The highest BCUT2D eigenvalue weighted by Crippen LogP contribution is 2.29. The van der Waals surface area contributed by atoms with E-state index >= 15 is 0 Å². The van der Waals surface area contributed by atoms with Crippen LogP contribution in [-0.2, 0) is 9.53 Å². The summed E-state index contributed by atoms with van der Waals surface area (Å²) in [6, 6.07) is 0.310. The van der Waals surface area contributed by atoms with Gasteiger partial charge in [-0.2, -0.15) is 0 Å². The van der Waals surface area contributed by atoms with E-state index in [1.807, 2.05) is 6.92 Å². The molecule has 0 aliphatic heterocycles. The van der Waals surface area contributed by atoms with E-state index in [0.717, 1.165) is 11.8 Å². The van der Waals surface area contributed by atoms with Gasteiger partial charge < -0.3 is 10.1 Å². The van der Waals surface area contributed by atoms with Crippen molar-refractivity contribution in [2.24, 2.45) is 11.8 Å². The van der Waals surface area contributed by atoms with Crippen molar-refractivity contribution in [1.82, 2.24) is 5.32 Å². The van der Waals surface area contributed by atoms with Crippen LogP contribution in [0.2, 0.25) is 0 Å². The van der Waals surface area contributed by atoms with Crippen LogP contribution in [0, 0.1) is 11.8 Å². The molecule has 1 aliphatic carbocycles. The molecule has 17 heavy (non-hydrogen) atoms. The zero-order valence-corrected chi connectivity index (χ0v) is 11.7. The summed E-state index contributed by atoms with van der Waals surface area (Å²) < 4.78 is 4.74. The molecule has 1 saturated carbocycles. The number of rotatable bonds is 5. The second kappa shape index (κ2) is 7.00. The van der Waals surface area contributed by atoms with Crippen molar-refractivity contribution < 1.29 is 9.53 Å². The molecule has 0 saturated heterocycles. The molecule has 1 aliphatic rings. The molecule has 100 valence electrons. The fourth-order valence-corrected chi connectivity index (χ4v) is 2.92. The van der Waals surface area contributed by atoms with Crippen LogP contribution in [-0.4, -0.2) is 25.2 Å². The minimum absolute atomic E-state index is 0.156. The molecule has 2 unspecified atom stereocenters. The fraction of sp³-hybridized carbons (Fsp3) is 0.929. The van der Waals surface area contributed by atoms with Crippen LogP contribution >= 0.6 is 0 Å². The Morgan fingerprint density at radius 2 is 2.06 bits per heavy atom. The number of ether oxygens (including phenoxy) is 1. The Morgan fingerprint density at radius 1 is 1.35 bits per heavy atom. The number of hydrogen-bond acceptors (Lipinski definition) is 3. The first-order chi connectivity index (χ1) is 8.02. The first kappa shape index (κ1) is 14.5. The van der Waals surface area contributed by atoms with Gasteiger partial charge in [0.1, 0.15) is 6.04 Å². The Kier molecular flexibility index (Phi) is 5.96. The number of nitrogens with one attached hydrogen (secondary N) is 1. The Morgan fingerprint density at radius 3 is 2.65 bits per heavy atom. The summed E-state index contributed by atoms with van der Waals surface area (Å²) in [6.45, 7) is 6.46. The molecule has 0 radical (unpaired) electrons. The predicted octanol–water partition coefficient (Wildman–Crippen LogP) is 2.74. The van der Waals surface area contributed by atoms with Crippen LogP contribution in [0.1, 0.15) is 52.9 Å². The predicted molar refractivity (Wildman–Crippen MR) is 69.8 cm³/mol. The highest BCUT2D eigenvalue weighted by atomic mass is 16.5. The molecule has 0 aromatic rings. The van der Waals surface area contributed by atoms with Gasteiger partial charge in [-0.15, -0.1) is 0 Å². The zero-order valence-electron chi connectivity index (χ0n) is 11.7. The van der Waals surface area contributed by atoms with Crippen LogP contribution in [0.3, 0.4) is 0 Å².